The summed E-state index contributed by atoms with van der Waals surface area (Å²) in [7, 11) is 0. The smallest absolute Gasteiger partial charge is 0.336 e. The molecule has 2 fully saturated rings. The molecule has 1 aromatic rings. The van der Waals surface area contributed by atoms with Gasteiger partial charge in [-0.3, -0.25) is 14.4 Å². The molecule has 2 atom stereocenters. The van der Waals surface area contributed by atoms with Crippen molar-refractivity contribution in [2.45, 2.75) is 44.8 Å². The van der Waals surface area contributed by atoms with Crippen molar-refractivity contribution in [1.82, 2.24) is 15.6 Å². The zero-order valence-electron chi connectivity index (χ0n) is 19.3. The zero-order valence-corrected chi connectivity index (χ0v) is 19.3. The van der Waals surface area contributed by atoms with Crippen molar-refractivity contribution in [3.63, 3.8) is 0 Å². The highest BCUT2D eigenvalue weighted by Crippen LogP contribution is 2.48. The standard InChI is InChI=1S/C16H23N3O2.C6H8O7/c1-10-5-4-6-18-15(10)21-9-16(2,3)19-14(20)13-11-7-17-8-12(11)13;7-3(8)1-6(13,5(11)12)2-4(9)10/h4-6,11-13,17H,7-9H2,1-3H3,(H,19,20);13H,1-2H2,(H,7,8)(H,9,10)(H,11,12). The molecule has 34 heavy (non-hydrogen) atoms. The summed E-state index contributed by atoms with van der Waals surface area (Å²) in [6, 6.07) is 3.85. The van der Waals surface area contributed by atoms with E-state index in [9.17, 15) is 19.2 Å². The molecule has 1 aliphatic carbocycles. The predicted molar refractivity (Wildman–Crippen MR) is 117 cm³/mol. The molecule has 1 aliphatic heterocycles. The monoisotopic (exact) mass is 481 g/mol. The minimum Gasteiger partial charge on any atom is -0.481 e. The molecule has 0 radical (unpaired) electrons. The van der Waals surface area contributed by atoms with Gasteiger partial charge in [-0.1, -0.05) is 6.07 Å². The summed E-state index contributed by atoms with van der Waals surface area (Å²) in [4.78, 5) is 47.0. The van der Waals surface area contributed by atoms with Gasteiger partial charge in [0.15, 0.2) is 5.60 Å². The Morgan fingerprint density at radius 2 is 1.68 bits per heavy atom. The molecule has 2 heterocycles. The van der Waals surface area contributed by atoms with Gasteiger partial charge >= 0.3 is 17.9 Å². The third-order valence-electron chi connectivity index (χ3n) is 5.67. The molecular formula is C22H31N3O9. The van der Waals surface area contributed by atoms with Gasteiger partial charge in [0.2, 0.25) is 11.8 Å². The maximum atomic E-state index is 12.3. The van der Waals surface area contributed by atoms with Crippen LogP contribution in [0.25, 0.3) is 0 Å². The number of aromatic nitrogens is 1. The molecule has 1 saturated heterocycles. The molecule has 0 aromatic carbocycles. The van der Waals surface area contributed by atoms with E-state index in [4.69, 9.17) is 25.2 Å². The Morgan fingerprint density at radius 1 is 1.12 bits per heavy atom. The van der Waals surface area contributed by atoms with Gasteiger partial charge in [-0.15, -0.1) is 0 Å². The fourth-order valence-corrected chi connectivity index (χ4v) is 3.85. The number of hydrogen-bond donors (Lipinski definition) is 6. The van der Waals surface area contributed by atoms with Crippen molar-refractivity contribution in [3.8, 4) is 5.88 Å². The first-order valence-electron chi connectivity index (χ1n) is 10.7. The highest BCUT2D eigenvalue weighted by Gasteiger charge is 2.57. The molecule has 12 heteroatoms. The molecule has 2 unspecified atom stereocenters. The summed E-state index contributed by atoms with van der Waals surface area (Å²) in [6.45, 7) is 8.31. The molecule has 3 rings (SSSR count). The van der Waals surface area contributed by atoms with E-state index in [0.29, 0.717) is 24.3 Å². The summed E-state index contributed by atoms with van der Waals surface area (Å²) in [6.07, 6.45) is -0.574. The van der Waals surface area contributed by atoms with Crippen LogP contribution < -0.4 is 15.4 Å². The molecule has 12 nitrogen and oxygen atoms in total. The molecule has 188 valence electrons. The Balaban J connectivity index is 0.000000273. The molecule has 2 aliphatic rings. The van der Waals surface area contributed by atoms with E-state index in [2.05, 4.69) is 15.6 Å². The molecule has 0 spiro atoms. The first-order chi connectivity index (χ1) is 15.8. The molecule has 1 aromatic heterocycles. The summed E-state index contributed by atoms with van der Waals surface area (Å²) in [5.41, 5.74) is -2.13. The lowest BCUT2D eigenvalue weighted by Crippen LogP contribution is -2.49. The molecule has 6 N–H and O–H groups in total. The molecule has 1 amide bonds. The van der Waals surface area contributed by atoms with Gasteiger partial charge in [0.05, 0.1) is 18.4 Å². The number of ether oxygens (including phenoxy) is 1. The predicted octanol–water partition coefficient (Wildman–Crippen LogP) is -0.119. The highest BCUT2D eigenvalue weighted by molar-refractivity contribution is 5.88. The lowest BCUT2D eigenvalue weighted by molar-refractivity contribution is -0.170. The van der Waals surface area contributed by atoms with Crippen LogP contribution in [0.1, 0.15) is 32.3 Å². The quantitative estimate of drug-likeness (QED) is 0.261. The zero-order chi connectivity index (χ0) is 25.7. The summed E-state index contributed by atoms with van der Waals surface area (Å²) in [5, 5.41) is 40.2. The van der Waals surface area contributed by atoms with Gasteiger partial charge in [0.25, 0.3) is 0 Å². The number of carbonyl (C=O) groups excluding carboxylic acids is 1. The van der Waals surface area contributed by atoms with Crippen molar-refractivity contribution in [1.29, 1.82) is 0 Å². The summed E-state index contributed by atoms with van der Waals surface area (Å²) < 4.78 is 5.76. The van der Waals surface area contributed by atoms with Crippen LogP contribution in [0.3, 0.4) is 0 Å². The number of carbonyl (C=O) groups is 4. The SMILES string of the molecule is Cc1cccnc1OCC(C)(C)NC(=O)C1C2CNCC21.O=C(O)CC(O)(CC(=O)O)C(=O)O. The highest BCUT2D eigenvalue weighted by atomic mass is 16.5. The number of carboxylic acid groups (broad SMARTS) is 3. The van der Waals surface area contributed by atoms with Gasteiger partial charge in [0.1, 0.15) is 6.61 Å². The topological polar surface area (TPSA) is 195 Å². The van der Waals surface area contributed by atoms with Crippen LogP contribution in [0.15, 0.2) is 18.3 Å². The number of pyridine rings is 1. The number of nitrogens with zero attached hydrogens (tertiary/aromatic N) is 1. The minimum absolute atomic E-state index is 0.165. The Bertz CT molecular complexity index is 908. The fraction of sp³-hybridized carbons (Fsp3) is 0.591. The van der Waals surface area contributed by atoms with Gasteiger partial charge in [-0.25, -0.2) is 9.78 Å². The van der Waals surface area contributed by atoms with E-state index >= 15 is 0 Å². The second-order valence-electron chi connectivity index (χ2n) is 9.28. The summed E-state index contributed by atoms with van der Waals surface area (Å²) >= 11 is 0. The van der Waals surface area contributed by atoms with Crippen molar-refractivity contribution in [3.05, 3.63) is 23.9 Å². The number of aliphatic carboxylic acids is 3. The van der Waals surface area contributed by atoms with Crippen LogP contribution >= 0.6 is 0 Å². The van der Waals surface area contributed by atoms with E-state index in [1.54, 1.807) is 6.20 Å². The first kappa shape index (κ1) is 27.0. The number of aliphatic hydroxyl groups is 1. The van der Waals surface area contributed by atoms with E-state index < -0.39 is 41.9 Å². The second kappa shape index (κ2) is 10.8. The van der Waals surface area contributed by atoms with E-state index in [-0.39, 0.29) is 11.8 Å². The number of amides is 1. The Morgan fingerprint density at radius 3 is 2.15 bits per heavy atom. The average Bonchev–Trinajstić information content (AvgIpc) is 3.19. The number of nitrogens with one attached hydrogen (secondary N) is 2. The van der Waals surface area contributed by atoms with Crippen LogP contribution in [0.5, 0.6) is 5.88 Å². The van der Waals surface area contributed by atoms with Crippen LogP contribution in [0, 0.1) is 24.7 Å². The number of hydrogen-bond acceptors (Lipinski definition) is 8. The molecular weight excluding hydrogens is 450 g/mol. The van der Waals surface area contributed by atoms with Crippen molar-refractivity contribution >= 4 is 23.8 Å². The van der Waals surface area contributed by atoms with Crippen LogP contribution in [0.4, 0.5) is 0 Å². The number of carboxylic acids is 3. The minimum atomic E-state index is -2.74. The first-order valence-corrected chi connectivity index (χ1v) is 10.7. The maximum Gasteiger partial charge on any atom is 0.336 e. The average molecular weight is 482 g/mol. The molecule has 1 saturated carbocycles. The number of aryl methyl sites for hydroxylation is 1. The number of rotatable bonds is 10. The summed E-state index contributed by atoms with van der Waals surface area (Å²) in [5.74, 6) is -2.94. The maximum absolute atomic E-state index is 12.3. The fourth-order valence-electron chi connectivity index (χ4n) is 3.85. The van der Waals surface area contributed by atoms with Crippen LogP contribution in [0.2, 0.25) is 0 Å². The lowest BCUT2D eigenvalue weighted by atomic mass is 9.96. The number of fused-ring (bicyclic) bond motifs is 1. The van der Waals surface area contributed by atoms with Crippen LogP contribution in [-0.2, 0) is 19.2 Å². The van der Waals surface area contributed by atoms with Gasteiger partial charge in [-0.05, 0) is 51.8 Å². The van der Waals surface area contributed by atoms with E-state index in [1.807, 2.05) is 32.9 Å². The Labute approximate surface area is 196 Å². The van der Waals surface area contributed by atoms with Crippen molar-refractivity contribution in [2.75, 3.05) is 19.7 Å². The lowest BCUT2D eigenvalue weighted by Gasteiger charge is -2.26. The van der Waals surface area contributed by atoms with E-state index in [0.717, 1.165) is 18.7 Å². The molecule has 0 bridgehead atoms. The van der Waals surface area contributed by atoms with Crippen molar-refractivity contribution in [2.24, 2.45) is 17.8 Å². The van der Waals surface area contributed by atoms with E-state index in [1.165, 1.54) is 0 Å². The van der Waals surface area contributed by atoms with Gasteiger partial charge < -0.3 is 35.8 Å². The van der Waals surface area contributed by atoms with Crippen LogP contribution in [-0.4, -0.2) is 80.1 Å². The normalized spacial score (nSPS) is 20.9. The Hall–Kier alpha value is -3.25. The Kier molecular flexibility index (Phi) is 8.56. The number of piperidine rings is 1. The third-order valence-corrected chi connectivity index (χ3v) is 5.67. The van der Waals surface area contributed by atoms with Gasteiger partial charge in [0, 0.05) is 17.7 Å². The largest absolute Gasteiger partial charge is 0.481 e. The van der Waals surface area contributed by atoms with Gasteiger partial charge in [-0.2, -0.15) is 0 Å². The third kappa shape index (κ3) is 7.39. The second-order valence-corrected chi connectivity index (χ2v) is 9.28. The van der Waals surface area contributed by atoms with Crippen molar-refractivity contribution < 1.29 is 44.3 Å².